The fraction of sp³-hybridized carbons (Fsp3) is 0.565. The number of carbonyl (C=O) groups excluding carboxylic acids is 1. The lowest BCUT2D eigenvalue weighted by atomic mass is 9.92. The van der Waals surface area contributed by atoms with Gasteiger partial charge >= 0.3 is 0 Å². The number of hydrogen-bond acceptors (Lipinski definition) is 4. The van der Waals surface area contributed by atoms with E-state index in [4.69, 9.17) is 0 Å². The molecule has 2 saturated heterocycles. The third-order valence-corrected chi connectivity index (χ3v) is 6.28. The van der Waals surface area contributed by atoms with E-state index in [9.17, 15) is 4.79 Å². The molecule has 0 saturated carbocycles. The number of aromatic nitrogens is 2. The molecular weight excluding hydrogens is 362 g/mol. The van der Waals surface area contributed by atoms with Crippen molar-refractivity contribution in [1.29, 1.82) is 0 Å². The Morgan fingerprint density at radius 2 is 1.86 bits per heavy atom. The lowest BCUT2D eigenvalue weighted by Gasteiger charge is -2.33. The molecule has 1 aromatic heterocycles. The van der Waals surface area contributed by atoms with Gasteiger partial charge in [-0.2, -0.15) is 5.10 Å². The van der Waals surface area contributed by atoms with Crippen LogP contribution in [0.15, 0.2) is 30.5 Å². The molecule has 2 fully saturated rings. The first-order valence-corrected chi connectivity index (χ1v) is 10.9. The van der Waals surface area contributed by atoms with Crippen LogP contribution in [0.3, 0.4) is 0 Å². The quantitative estimate of drug-likeness (QED) is 0.842. The number of nitrogens with zero attached hydrogens (tertiary/aromatic N) is 4. The third-order valence-electron chi connectivity index (χ3n) is 6.28. The van der Waals surface area contributed by atoms with Crippen LogP contribution in [0.25, 0.3) is 0 Å². The predicted molar refractivity (Wildman–Crippen MR) is 116 cm³/mol. The summed E-state index contributed by atoms with van der Waals surface area (Å²) in [5, 5.41) is 7.28. The Balaban J connectivity index is 1.39. The molecule has 6 heteroatoms. The van der Waals surface area contributed by atoms with E-state index >= 15 is 0 Å². The minimum atomic E-state index is 0.0270. The van der Waals surface area contributed by atoms with Gasteiger partial charge in [-0.05, 0) is 56.3 Å². The highest BCUT2D eigenvalue weighted by Gasteiger charge is 2.27. The number of piperidine rings is 2. The number of nitrogens with one attached hydrogen (secondary N) is 1. The van der Waals surface area contributed by atoms with Gasteiger partial charge in [0, 0.05) is 51.9 Å². The zero-order valence-electron chi connectivity index (χ0n) is 17.7. The van der Waals surface area contributed by atoms with Crippen LogP contribution >= 0.6 is 0 Å². The Morgan fingerprint density at radius 3 is 2.59 bits per heavy atom. The van der Waals surface area contributed by atoms with Gasteiger partial charge in [0.1, 0.15) is 0 Å². The van der Waals surface area contributed by atoms with Crippen LogP contribution in [0.5, 0.6) is 0 Å². The van der Waals surface area contributed by atoms with Crippen LogP contribution in [0, 0.1) is 0 Å². The summed E-state index contributed by atoms with van der Waals surface area (Å²) in [7, 11) is 3.58. The van der Waals surface area contributed by atoms with Crippen LogP contribution in [0.1, 0.15) is 59.6 Å². The zero-order chi connectivity index (χ0) is 20.2. The average Bonchev–Trinajstić information content (AvgIpc) is 3.24. The maximum absolute atomic E-state index is 12.5. The molecule has 0 bridgehead atoms. The fourth-order valence-electron chi connectivity index (χ4n) is 4.68. The SMILES string of the molecule is CN(C)C(=O)c1cn[nH]c1[C@H]1CCCN(Cc2ccc(N3CCCCC3)cc2)C1. The predicted octanol–water partition coefficient (Wildman–Crippen LogP) is 3.48. The van der Waals surface area contributed by atoms with Gasteiger partial charge in [0.05, 0.1) is 17.5 Å². The van der Waals surface area contributed by atoms with Crippen molar-refractivity contribution < 1.29 is 4.79 Å². The van der Waals surface area contributed by atoms with Crippen molar-refractivity contribution in [2.24, 2.45) is 0 Å². The lowest BCUT2D eigenvalue weighted by Crippen LogP contribution is -2.35. The molecule has 0 radical (unpaired) electrons. The second-order valence-electron chi connectivity index (χ2n) is 8.69. The topological polar surface area (TPSA) is 55.5 Å². The molecule has 4 rings (SSSR count). The lowest BCUT2D eigenvalue weighted by molar-refractivity contribution is 0.0825. The standard InChI is InChI=1S/C23H33N5O/c1-26(2)23(29)21-15-24-25-22(21)19-7-6-12-27(17-19)16-18-8-10-20(11-9-18)28-13-4-3-5-14-28/h8-11,15,19H,3-7,12-14,16-17H2,1-2H3,(H,24,25)/t19-/m0/s1. The largest absolute Gasteiger partial charge is 0.372 e. The first kappa shape index (κ1) is 20.0. The van der Waals surface area contributed by atoms with Gasteiger partial charge in [-0.25, -0.2) is 0 Å². The molecule has 3 heterocycles. The normalized spacial score (nSPS) is 20.6. The molecule has 1 amide bonds. The Kier molecular flexibility index (Phi) is 6.19. The number of carbonyl (C=O) groups is 1. The molecule has 2 aromatic rings. The van der Waals surface area contributed by atoms with Gasteiger partial charge in [-0.1, -0.05) is 12.1 Å². The minimum absolute atomic E-state index is 0.0270. The summed E-state index contributed by atoms with van der Waals surface area (Å²) in [5.74, 6) is 0.358. The average molecular weight is 396 g/mol. The van der Waals surface area contributed by atoms with E-state index in [1.54, 1.807) is 25.2 Å². The van der Waals surface area contributed by atoms with Gasteiger partial charge < -0.3 is 9.80 Å². The first-order chi connectivity index (χ1) is 14.1. The molecule has 1 aromatic carbocycles. The van der Waals surface area contributed by atoms with Crippen LogP contribution in [0.2, 0.25) is 0 Å². The Hall–Kier alpha value is -2.34. The molecule has 1 N–H and O–H groups in total. The summed E-state index contributed by atoms with van der Waals surface area (Å²) in [6.45, 7) is 5.40. The summed E-state index contributed by atoms with van der Waals surface area (Å²) < 4.78 is 0. The van der Waals surface area contributed by atoms with E-state index < -0.39 is 0 Å². The molecular formula is C23H33N5O. The van der Waals surface area contributed by atoms with Crippen molar-refractivity contribution in [3.63, 3.8) is 0 Å². The molecule has 1 atom stereocenters. The Labute approximate surface area is 173 Å². The van der Waals surface area contributed by atoms with Crippen molar-refractivity contribution >= 4 is 11.6 Å². The zero-order valence-corrected chi connectivity index (χ0v) is 17.7. The minimum Gasteiger partial charge on any atom is -0.372 e. The molecule has 29 heavy (non-hydrogen) atoms. The van der Waals surface area contributed by atoms with Crippen molar-refractivity contribution in [2.75, 3.05) is 45.2 Å². The highest BCUT2D eigenvalue weighted by Crippen LogP contribution is 2.29. The number of H-pyrrole nitrogens is 1. The van der Waals surface area contributed by atoms with Crippen molar-refractivity contribution in [1.82, 2.24) is 20.0 Å². The summed E-state index contributed by atoms with van der Waals surface area (Å²) in [5.41, 5.74) is 4.43. The highest BCUT2D eigenvalue weighted by atomic mass is 16.2. The molecule has 0 aliphatic carbocycles. The van der Waals surface area contributed by atoms with Crippen molar-refractivity contribution in [3.05, 3.63) is 47.3 Å². The summed E-state index contributed by atoms with van der Waals surface area (Å²) in [4.78, 5) is 19.1. The summed E-state index contributed by atoms with van der Waals surface area (Å²) >= 11 is 0. The summed E-state index contributed by atoms with van der Waals surface area (Å²) in [6, 6.07) is 9.13. The molecule has 2 aliphatic heterocycles. The van der Waals surface area contributed by atoms with E-state index in [1.165, 1.54) is 43.6 Å². The van der Waals surface area contributed by atoms with Crippen molar-refractivity contribution in [2.45, 2.75) is 44.6 Å². The van der Waals surface area contributed by atoms with Crippen molar-refractivity contribution in [3.8, 4) is 0 Å². The van der Waals surface area contributed by atoms with Gasteiger partial charge in [0.15, 0.2) is 0 Å². The van der Waals surface area contributed by atoms with Gasteiger partial charge in [-0.15, -0.1) is 0 Å². The molecule has 0 unspecified atom stereocenters. The van der Waals surface area contributed by atoms with Crippen LogP contribution in [-0.4, -0.2) is 66.2 Å². The van der Waals surface area contributed by atoms with Gasteiger partial charge in [0.25, 0.3) is 5.91 Å². The summed E-state index contributed by atoms with van der Waals surface area (Å²) in [6.07, 6.45) is 7.90. The van der Waals surface area contributed by atoms with E-state index in [0.717, 1.165) is 38.2 Å². The Bertz CT molecular complexity index is 807. The van der Waals surface area contributed by atoms with Crippen LogP contribution < -0.4 is 4.90 Å². The molecule has 2 aliphatic rings. The second kappa shape index (κ2) is 8.99. The van der Waals surface area contributed by atoms with Gasteiger partial charge in [0.2, 0.25) is 0 Å². The Morgan fingerprint density at radius 1 is 1.10 bits per heavy atom. The molecule has 0 spiro atoms. The fourth-order valence-corrected chi connectivity index (χ4v) is 4.68. The molecule has 6 nitrogen and oxygen atoms in total. The number of amides is 1. The smallest absolute Gasteiger partial charge is 0.256 e. The van der Waals surface area contributed by atoms with Crippen LogP contribution in [0.4, 0.5) is 5.69 Å². The number of anilines is 1. The second-order valence-corrected chi connectivity index (χ2v) is 8.69. The number of benzene rings is 1. The first-order valence-electron chi connectivity index (χ1n) is 10.9. The number of rotatable bonds is 5. The van der Waals surface area contributed by atoms with E-state index in [-0.39, 0.29) is 5.91 Å². The maximum atomic E-state index is 12.5. The number of hydrogen-bond donors (Lipinski definition) is 1. The van der Waals surface area contributed by atoms with Crippen LogP contribution in [-0.2, 0) is 6.54 Å². The number of likely N-dealkylation sites (tertiary alicyclic amines) is 1. The number of aromatic amines is 1. The highest BCUT2D eigenvalue weighted by molar-refractivity contribution is 5.94. The van der Waals surface area contributed by atoms with E-state index in [0.29, 0.717) is 11.5 Å². The molecule has 156 valence electrons. The monoisotopic (exact) mass is 395 g/mol. The van der Waals surface area contributed by atoms with Gasteiger partial charge in [-0.3, -0.25) is 14.8 Å². The van der Waals surface area contributed by atoms with E-state index in [2.05, 4.69) is 44.3 Å². The third kappa shape index (κ3) is 4.64. The van der Waals surface area contributed by atoms with E-state index in [1.807, 2.05) is 0 Å². The maximum Gasteiger partial charge on any atom is 0.256 e.